The third-order valence-corrected chi connectivity index (χ3v) is 2.65. The van der Waals surface area contributed by atoms with Gasteiger partial charge in [-0.2, -0.15) is 0 Å². The third kappa shape index (κ3) is 6.60. The molecule has 1 heterocycles. The quantitative estimate of drug-likeness (QED) is 0.553. The Morgan fingerprint density at radius 3 is 2.40 bits per heavy atom. The molecule has 20 heavy (non-hydrogen) atoms. The van der Waals surface area contributed by atoms with Crippen molar-refractivity contribution in [3.8, 4) is 5.75 Å². The molecule has 0 aromatic heterocycles. The van der Waals surface area contributed by atoms with Crippen molar-refractivity contribution in [1.29, 1.82) is 0 Å². The van der Waals surface area contributed by atoms with Crippen molar-refractivity contribution in [1.82, 2.24) is 0 Å². The van der Waals surface area contributed by atoms with Crippen LogP contribution < -0.4 is 4.74 Å². The Morgan fingerprint density at radius 2 is 1.75 bits per heavy atom. The first kappa shape index (κ1) is 18.5. The minimum atomic E-state index is 0.406. The average molecular weight is 274 g/mol. The maximum Gasteiger partial charge on any atom is 0.123 e. The predicted octanol–water partition coefficient (Wildman–Crippen LogP) is 6.13. The van der Waals surface area contributed by atoms with E-state index in [1.807, 2.05) is 26.0 Å². The molecular weight excluding hydrogens is 244 g/mol. The van der Waals surface area contributed by atoms with Crippen molar-refractivity contribution in [3.05, 3.63) is 53.6 Å². The Kier molecular flexibility index (Phi) is 10.5. The van der Waals surface area contributed by atoms with Gasteiger partial charge in [-0.1, -0.05) is 77.5 Å². The van der Waals surface area contributed by atoms with E-state index in [0.717, 1.165) is 5.75 Å². The summed E-state index contributed by atoms with van der Waals surface area (Å²) in [4.78, 5) is 0. The van der Waals surface area contributed by atoms with E-state index in [4.69, 9.17) is 4.74 Å². The Hall–Kier alpha value is -1.50. The van der Waals surface area contributed by atoms with Crippen LogP contribution in [0.25, 0.3) is 0 Å². The summed E-state index contributed by atoms with van der Waals surface area (Å²) in [5.41, 5.74) is 2.51. The van der Waals surface area contributed by atoms with E-state index in [1.54, 1.807) is 0 Å². The molecule has 0 saturated heterocycles. The molecule has 0 spiro atoms. The Bertz CT molecular complexity index is 416. The van der Waals surface area contributed by atoms with Gasteiger partial charge in [0.15, 0.2) is 0 Å². The van der Waals surface area contributed by atoms with Crippen molar-refractivity contribution in [3.63, 3.8) is 0 Å². The molecule has 0 N–H and O–H groups in total. The number of allylic oxidation sites excluding steroid dienone is 3. The van der Waals surface area contributed by atoms with Crippen LogP contribution in [0.4, 0.5) is 0 Å². The molecule has 1 aromatic carbocycles. The summed E-state index contributed by atoms with van der Waals surface area (Å²) in [6, 6.07) is 8.25. The van der Waals surface area contributed by atoms with E-state index in [9.17, 15) is 0 Å². The summed E-state index contributed by atoms with van der Waals surface area (Å²) < 4.78 is 5.78. The fourth-order valence-electron chi connectivity index (χ4n) is 1.72. The normalized spacial score (nSPS) is 20.7. The number of ether oxygens (including phenoxy) is 1. The lowest BCUT2D eigenvalue weighted by atomic mass is 10.00. The second kappa shape index (κ2) is 11.3. The lowest BCUT2D eigenvalue weighted by molar-refractivity contribution is 0.348. The highest BCUT2D eigenvalue weighted by molar-refractivity contribution is 5.39. The van der Waals surface area contributed by atoms with E-state index >= 15 is 0 Å². The molecule has 112 valence electrons. The molecule has 1 aliphatic rings. The number of hydrogen-bond acceptors (Lipinski definition) is 1. The Labute approximate surface area is 125 Å². The van der Waals surface area contributed by atoms with Crippen LogP contribution in [0.2, 0.25) is 0 Å². The zero-order valence-electron chi connectivity index (χ0n) is 13.9. The van der Waals surface area contributed by atoms with Crippen molar-refractivity contribution < 1.29 is 4.74 Å². The van der Waals surface area contributed by atoms with Gasteiger partial charge in [0.2, 0.25) is 0 Å². The molecule has 2 rings (SSSR count). The van der Waals surface area contributed by atoms with E-state index in [0.29, 0.717) is 12.5 Å². The highest BCUT2D eigenvalue weighted by Gasteiger charge is 2.09. The van der Waals surface area contributed by atoms with Gasteiger partial charge in [0.05, 0.1) is 0 Å². The second-order valence-corrected chi connectivity index (χ2v) is 4.72. The molecule has 1 heteroatoms. The minimum Gasteiger partial charge on any atom is -0.489 e. The first-order valence-electron chi connectivity index (χ1n) is 7.74. The van der Waals surface area contributed by atoms with Crippen molar-refractivity contribution in [2.45, 2.75) is 53.9 Å². The van der Waals surface area contributed by atoms with Crippen LogP contribution in [0.3, 0.4) is 0 Å². The van der Waals surface area contributed by atoms with Crippen LogP contribution in [-0.2, 0) is 0 Å². The lowest BCUT2D eigenvalue weighted by Gasteiger charge is -2.13. The maximum absolute atomic E-state index is 5.78. The molecule has 1 atom stereocenters. The predicted molar refractivity (Wildman–Crippen MR) is 90.6 cm³/mol. The zero-order valence-corrected chi connectivity index (χ0v) is 13.9. The Morgan fingerprint density at radius 1 is 1.15 bits per heavy atom. The molecule has 0 saturated carbocycles. The van der Waals surface area contributed by atoms with Crippen LogP contribution in [0, 0.1) is 0 Å². The van der Waals surface area contributed by atoms with Crippen LogP contribution in [0.15, 0.2) is 48.1 Å². The third-order valence-electron chi connectivity index (χ3n) is 2.65. The Balaban J connectivity index is 0.000000641. The maximum atomic E-state index is 5.78. The number of benzene rings is 1. The van der Waals surface area contributed by atoms with Gasteiger partial charge < -0.3 is 4.74 Å². The largest absolute Gasteiger partial charge is 0.489 e. The van der Waals surface area contributed by atoms with Crippen LogP contribution in [-0.4, -0.2) is 6.61 Å². The fourth-order valence-corrected chi connectivity index (χ4v) is 1.72. The molecule has 1 nitrogen and oxygen atoms in total. The van der Waals surface area contributed by atoms with Gasteiger partial charge in [0.1, 0.15) is 12.4 Å². The second-order valence-electron chi connectivity index (χ2n) is 4.72. The van der Waals surface area contributed by atoms with E-state index in [2.05, 4.69) is 58.1 Å². The summed E-state index contributed by atoms with van der Waals surface area (Å²) >= 11 is 0. The molecule has 1 aromatic rings. The van der Waals surface area contributed by atoms with Gasteiger partial charge >= 0.3 is 0 Å². The molecule has 0 radical (unpaired) electrons. The SMILES string of the molecule is C/C1=C/C=C\C(C)c2ccccc2OC1.CC.CCC. The van der Waals surface area contributed by atoms with Gasteiger partial charge in [-0.25, -0.2) is 0 Å². The summed E-state index contributed by atoms with van der Waals surface area (Å²) in [6.45, 7) is 13.2. The van der Waals surface area contributed by atoms with Crippen LogP contribution in [0.5, 0.6) is 5.75 Å². The molecule has 0 amide bonds. The van der Waals surface area contributed by atoms with Gasteiger partial charge in [-0.15, -0.1) is 0 Å². The fraction of sp³-hybridized carbons (Fsp3) is 0.474. The average Bonchev–Trinajstić information content (AvgIpc) is 2.54. The molecule has 1 aliphatic heterocycles. The number of hydrogen-bond donors (Lipinski definition) is 0. The molecule has 1 unspecified atom stereocenters. The van der Waals surface area contributed by atoms with Crippen LogP contribution in [0.1, 0.15) is 59.4 Å². The van der Waals surface area contributed by atoms with Gasteiger partial charge in [0, 0.05) is 11.5 Å². The smallest absolute Gasteiger partial charge is 0.123 e. The van der Waals surface area contributed by atoms with Gasteiger partial charge in [0.25, 0.3) is 0 Å². The number of para-hydroxylation sites is 1. The first-order chi connectivity index (χ1) is 9.69. The number of rotatable bonds is 0. The van der Waals surface area contributed by atoms with Crippen molar-refractivity contribution in [2.24, 2.45) is 0 Å². The van der Waals surface area contributed by atoms with Gasteiger partial charge in [-0.3, -0.25) is 0 Å². The van der Waals surface area contributed by atoms with Crippen LogP contribution >= 0.6 is 0 Å². The first-order valence-corrected chi connectivity index (χ1v) is 7.74. The monoisotopic (exact) mass is 274 g/mol. The topological polar surface area (TPSA) is 9.23 Å². The van der Waals surface area contributed by atoms with Gasteiger partial charge in [-0.05, 0) is 18.6 Å². The summed E-state index contributed by atoms with van der Waals surface area (Å²) in [5, 5.41) is 0. The highest BCUT2D eigenvalue weighted by atomic mass is 16.5. The number of fused-ring (bicyclic) bond motifs is 1. The lowest BCUT2D eigenvalue weighted by Crippen LogP contribution is -2.01. The summed E-state index contributed by atoms with van der Waals surface area (Å²) in [6.07, 6.45) is 7.69. The summed E-state index contributed by atoms with van der Waals surface area (Å²) in [7, 11) is 0. The summed E-state index contributed by atoms with van der Waals surface area (Å²) in [5.74, 6) is 1.41. The van der Waals surface area contributed by atoms with E-state index in [-0.39, 0.29) is 0 Å². The highest BCUT2D eigenvalue weighted by Crippen LogP contribution is 2.28. The van der Waals surface area contributed by atoms with E-state index < -0.39 is 0 Å². The van der Waals surface area contributed by atoms with Crippen molar-refractivity contribution in [2.75, 3.05) is 6.61 Å². The molecule has 0 aliphatic carbocycles. The van der Waals surface area contributed by atoms with E-state index in [1.165, 1.54) is 17.6 Å². The zero-order chi connectivity index (χ0) is 15.4. The standard InChI is InChI=1S/C14H16O.C3H8.C2H6/c1-11-6-5-7-12(2)13-8-3-4-9-14(13)15-10-11;1-3-2;1-2/h3-9,12H,10H2,1-2H3;3H2,1-2H3;1-2H3/b7-5-,11-6-;;. The van der Waals surface area contributed by atoms with Crippen molar-refractivity contribution >= 4 is 0 Å². The molecular formula is C19H30O. The molecule has 0 bridgehead atoms. The minimum absolute atomic E-state index is 0.406. The molecule has 0 fully saturated rings.